The van der Waals surface area contributed by atoms with E-state index in [9.17, 15) is 32.3 Å². The fraction of sp³-hybridized carbons (Fsp3) is 0.0588. The molecule has 3 rings (SSSR count). The lowest BCUT2D eigenvalue weighted by atomic mass is 10.2. The Balaban J connectivity index is 1.81. The first-order valence-corrected chi connectivity index (χ1v) is 8.61. The molecule has 2 aromatic heterocycles. The van der Waals surface area contributed by atoms with Gasteiger partial charge in [-0.05, 0) is 42.3 Å². The second-order valence-corrected chi connectivity index (χ2v) is 6.47. The topological polar surface area (TPSA) is 99.0 Å². The number of H-pyrrole nitrogens is 1. The van der Waals surface area contributed by atoms with E-state index in [1.165, 1.54) is 24.3 Å². The standard InChI is InChI=1S/C17H10F4N4O3S/c18-9-1-4-11(5-2-9)29-24-16(28)14-12(26)8-25(23-15(14)27)10-3-6-13(22-7-10)17(19,20)21/h1-8H,(H2-,23,24,26,27,28)/p+1. The molecule has 3 aromatic rings. The summed E-state index contributed by atoms with van der Waals surface area (Å²) in [7, 11) is 0. The number of hydrogen-bond donors (Lipinski definition) is 3. The third-order valence-electron chi connectivity index (χ3n) is 3.58. The minimum absolute atomic E-state index is 0.0260. The van der Waals surface area contributed by atoms with Gasteiger partial charge in [0.05, 0.1) is 0 Å². The predicted octanol–water partition coefficient (Wildman–Crippen LogP) is 2.35. The number of benzene rings is 1. The van der Waals surface area contributed by atoms with Crippen molar-refractivity contribution in [3.8, 4) is 11.4 Å². The fourth-order valence-corrected chi connectivity index (χ4v) is 2.80. The molecule has 0 aliphatic rings. The highest BCUT2D eigenvalue weighted by Crippen LogP contribution is 2.27. The largest absolute Gasteiger partial charge is 0.502 e. The van der Waals surface area contributed by atoms with Crippen LogP contribution in [0.4, 0.5) is 17.6 Å². The number of alkyl halides is 3. The van der Waals surface area contributed by atoms with Crippen LogP contribution in [-0.2, 0) is 6.18 Å². The highest BCUT2D eigenvalue weighted by Gasteiger charge is 2.32. The van der Waals surface area contributed by atoms with E-state index in [0.717, 1.165) is 35.1 Å². The number of carbonyl (C=O) groups is 1. The van der Waals surface area contributed by atoms with Crippen molar-refractivity contribution in [3.63, 3.8) is 0 Å². The van der Waals surface area contributed by atoms with Gasteiger partial charge in [0.15, 0.2) is 5.56 Å². The maximum Gasteiger partial charge on any atom is 0.433 e. The van der Waals surface area contributed by atoms with Crippen LogP contribution < -0.4 is 15.0 Å². The normalized spacial score (nSPS) is 11.3. The Bertz CT molecular complexity index is 1100. The van der Waals surface area contributed by atoms with E-state index in [0.29, 0.717) is 11.0 Å². The number of rotatable bonds is 4. The quantitative estimate of drug-likeness (QED) is 0.337. The highest BCUT2D eigenvalue weighted by molar-refractivity contribution is 7.98. The zero-order valence-corrected chi connectivity index (χ0v) is 15.0. The van der Waals surface area contributed by atoms with Crippen molar-refractivity contribution >= 4 is 17.9 Å². The molecule has 150 valence electrons. The Hall–Kier alpha value is -3.41. The van der Waals surface area contributed by atoms with Gasteiger partial charge < -0.3 is 5.11 Å². The van der Waals surface area contributed by atoms with Gasteiger partial charge in [-0.3, -0.25) is 14.3 Å². The molecular formula is C17H11F4N4O3S+. The van der Waals surface area contributed by atoms with Crippen LogP contribution in [0.5, 0.6) is 5.75 Å². The molecule has 1 aromatic carbocycles. The molecule has 3 N–H and O–H groups in total. The van der Waals surface area contributed by atoms with E-state index in [-0.39, 0.29) is 5.69 Å². The summed E-state index contributed by atoms with van der Waals surface area (Å²) in [5.41, 5.74) is -2.68. The molecule has 0 unspecified atom stereocenters. The van der Waals surface area contributed by atoms with Crippen molar-refractivity contribution in [2.75, 3.05) is 0 Å². The first-order chi connectivity index (χ1) is 13.6. The lowest BCUT2D eigenvalue weighted by Crippen LogP contribution is -2.43. The highest BCUT2D eigenvalue weighted by atomic mass is 32.2. The summed E-state index contributed by atoms with van der Waals surface area (Å²) in [4.78, 5) is 28.1. The molecule has 2 heterocycles. The van der Waals surface area contributed by atoms with Gasteiger partial charge in [0, 0.05) is 11.0 Å². The van der Waals surface area contributed by atoms with E-state index < -0.39 is 40.5 Å². The molecular weight excluding hydrogens is 416 g/mol. The average molecular weight is 427 g/mol. The summed E-state index contributed by atoms with van der Waals surface area (Å²) >= 11 is 0.800. The Kier molecular flexibility index (Phi) is 5.55. The number of halogens is 4. The number of nitrogens with zero attached hydrogens (tertiary/aromatic N) is 2. The Morgan fingerprint density at radius 3 is 2.41 bits per heavy atom. The SMILES string of the molecule is O=C(NSc1ccc(F)cc1)c1c(O)c[n+](-c2ccc(C(F)(F)F)nc2)[nH]c1=O. The monoisotopic (exact) mass is 427 g/mol. The van der Waals surface area contributed by atoms with Crippen molar-refractivity contribution in [2.24, 2.45) is 0 Å². The second-order valence-electron chi connectivity index (χ2n) is 5.59. The predicted molar refractivity (Wildman–Crippen MR) is 92.8 cm³/mol. The fourth-order valence-electron chi connectivity index (χ4n) is 2.21. The van der Waals surface area contributed by atoms with Crippen molar-refractivity contribution in [3.05, 3.63) is 76.2 Å². The summed E-state index contributed by atoms with van der Waals surface area (Å²) < 4.78 is 53.9. The van der Waals surface area contributed by atoms with Crippen molar-refractivity contribution in [1.82, 2.24) is 14.8 Å². The zero-order valence-electron chi connectivity index (χ0n) is 14.2. The number of aromatic nitrogens is 3. The van der Waals surface area contributed by atoms with Gasteiger partial charge in [0.1, 0.15) is 17.7 Å². The lowest BCUT2D eigenvalue weighted by Gasteiger charge is -2.06. The van der Waals surface area contributed by atoms with Crippen LogP contribution in [0.25, 0.3) is 5.69 Å². The molecule has 0 atom stereocenters. The van der Waals surface area contributed by atoms with Gasteiger partial charge in [-0.2, -0.15) is 13.2 Å². The first kappa shape index (κ1) is 20.3. The van der Waals surface area contributed by atoms with Crippen LogP contribution in [0.3, 0.4) is 0 Å². The molecule has 0 saturated heterocycles. The van der Waals surface area contributed by atoms with E-state index in [1.54, 1.807) is 0 Å². The summed E-state index contributed by atoms with van der Waals surface area (Å²) in [6.45, 7) is 0. The first-order valence-electron chi connectivity index (χ1n) is 7.79. The molecule has 0 saturated carbocycles. The van der Waals surface area contributed by atoms with Crippen LogP contribution in [0, 0.1) is 5.82 Å². The number of aromatic hydroxyl groups is 1. The number of hydrogen-bond acceptors (Lipinski definition) is 5. The van der Waals surface area contributed by atoms with E-state index in [4.69, 9.17) is 0 Å². The molecule has 0 aliphatic heterocycles. The summed E-state index contributed by atoms with van der Waals surface area (Å²) in [6.07, 6.45) is -2.83. The molecule has 0 spiro atoms. The van der Waals surface area contributed by atoms with Gasteiger partial charge in [-0.25, -0.2) is 9.37 Å². The van der Waals surface area contributed by atoms with Gasteiger partial charge in [-0.1, -0.05) is 4.68 Å². The Labute approximate surface area is 164 Å². The number of nitrogens with one attached hydrogen (secondary N) is 2. The molecule has 7 nitrogen and oxygen atoms in total. The van der Waals surface area contributed by atoms with Crippen LogP contribution in [0.15, 0.2) is 58.5 Å². The molecule has 12 heteroatoms. The van der Waals surface area contributed by atoms with Crippen molar-refractivity contribution in [2.45, 2.75) is 11.1 Å². The smallest absolute Gasteiger partial charge is 0.433 e. The second kappa shape index (κ2) is 7.91. The number of amides is 1. The van der Waals surface area contributed by atoms with E-state index in [2.05, 4.69) is 14.8 Å². The summed E-state index contributed by atoms with van der Waals surface area (Å²) in [6, 6.07) is 6.92. The lowest BCUT2D eigenvalue weighted by molar-refractivity contribution is -0.661. The maximum atomic E-state index is 12.9. The summed E-state index contributed by atoms with van der Waals surface area (Å²) in [5.74, 6) is -2.08. The number of aromatic amines is 1. The van der Waals surface area contributed by atoms with Gasteiger partial charge in [-0.15, -0.1) is 5.10 Å². The molecule has 0 bridgehead atoms. The molecule has 0 aliphatic carbocycles. The summed E-state index contributed by atoms with van der Waals surface area (Å²) in [5, 5.41) is 12.3. The van der Waals surface area contributed by atoms with Crippen molar-refractivity contribution in [1.29, 1.82) is 0 Å². The van der Waals surface area contributed by atoms with E-state index in [1.807, 2.05) is 0 Å². The number of carbonyl (C=O) groups excluding carboxylic acids is 1. The average Bonchev–Trinajstić information content (AvgIpc) is 2.66. The Morgan fingerprint density at radius 2 is 1.86 bits per heavy atom. The minimum Gasteiger partial charge on any atom is -0.502 e. The maximum absolute atomic E-state index is 12.9. The third-order valence-corrected chi connectivity index (χ3v) is 4.37. The number of pyridine rings is 1. The third kappa shape index (κ3) is 4.71. The van der Waals surface area contributed by atoms with Crippen LogP contribution >= 0.6 is 11.9 Å². The van der Waals surface area contributed by atoms with Gasteiger partial charge >= 0.3 is 11.7 Å². The van der Waals surface area contributed by atoms with Crippen molar-refractivity contribution < 1.29 is 32.1 Å². The van der Waals surface area contributed by atoms with Crippen LogP contribution in [0.2, 0.25) is 0 Å². The minimum atomic E-state index is -4.62. The molecule has 0 fully saturated rings. The molecule has 1 amide bonds. The Morgan fingerprint density at radius 1 is 1.17 bits per heavy atom. The molecule has 0 radical (unpaired) electrons. The van der Waals surface area contributed by atoms with E-state index >= 15 is 0 Å². The zero-order chi connectivity index (χ0) is 21.2. The molecule has 29 heavy (non-hydrogen) atoms. The van der Waals surface area contributed by atoms with Crippen LogP contribution in [-0.4, -0.2) is 21.1 Å². The van der Waals surface area contributed by atoms with Gasteiger partial charge in [0.25, 0.3) is 11.6 Å². The van der Waals surface area contributed by atoms with Gasteiger partial charge in [0.2, 0.25) is 11.9 Å². The van der Waals surface area contributed by atoms with Crippen LogP contribution in [0.1, 0.15) is 16.1 Å².